The van der Waals surface area contributed by atoms with Crippen LogP contribution in [0.2, 0.25) is 0 Å². The largest absolute Gasteiger partial charge is 0.434 e. The van der Waals surface area contributed by atoms with Crippen molar-refractivity contribution in [2.45, 2.75) is 45.3 Å². The van der Waals surface area contributed by atoms with Crippen LogP contribution >= 0.6 is 0 Å². The molecule has 0 radical (unpaired) electrons. The number of alkyl halides is 4. The van der Waals surface area contributed by atoms with E-state index in [4.69, 9.17) is 0 Å². The molecule has 0 saturated carbocycles. The number of nitrogens with zero attached hydrogens (tertiary/aromatic N) is 2. The molecular weight excluding hydrogens is 236 g/mol. The van der Waals surface area contributed by atoms with Crippen LogP contribution in [0.15, 0.2) is 6.20 Å². The second-order valence-corrected chi connectivity index (χ2v) is 5.11. The predicted molar refractivity (Wildman–Crippen MR) is 56.6 cm³/mol. The van der Waals surface area contributed by atoms with E-state index in [1.165, 1.54) is 11.5 Å². The van der Waals surface area contributed by atoms with Crippen LogP contribution in [0.3, 0.4) is 0 Å². The first-order valence-corrected chi connectivity index (χ1v) is 5.30. The topological polar surface area (TPSA) is 17.8 Å². The zero-order valence-electron chi connectivity index (χ0n) is 10.3. The minimum atomic E-state index is -4.50. The first-order chi connectivity index (χ1) is 7.57. The number of hydrogen-bond donors (Lipinski definition) is 0. The van der Waals surface area contributed by atoms with E-state index in [1.807, 2.05) is 0 Å². The van der Waals surface area contributed by atoms with Gasteiger partial charge in [0.15, 0.2) is 5.69 Å². The summed E-state index contributed by atoms with van der Waals surface area (Å²) in [6.45, 7) is 6.04. The number of rotatable bonds is 2. The van der Waals surface area contributed by atoms with Gasteiger partial charge in [-0.25, -0.2) is 9.37 Å². The van der Waals surface area contributed by atoms with E-state index >= 15 is 0 Å². The second-order valence-electron chi connectivity index (χ2n) is 5.11. The van der Waals surface area contributed by atoms with Crippen molar-refractivity contribution in [2.24, 2.45) is 0 Å². The number of imidazole rings is 1. The lowest BCUT2D eigenvalue weighted by atomic mass is 9.95. The smallest absolute Gasteiger partial charge is 0.328 e. The fourth-order valence-corrected chi connectivity index (χ4v) is 1.50. The summed E-state index contributed by atoms with van der Waals surface area (Å²) in [6.07, 6.45) is -3.62. The van der Waals surface area contributed by atoms with Gasteiger partial charge in [-0.05, 0) is 6.92 Å². The lowest BCUT2D eigenvalue weighted by molar-refractivity contribution is -0.141. The molecule has 1 atom stereocenters. The maximum Gasteiger partial charge on any atom is 0.434 e. The van der Waals surface area contributed by atoms with E-state index in [0.29, 0.717) is 0 Å². The molecule has 0 aliphatic carbocycles. The average Bonchev–Trinajstić information content (AvgIpc) is 2.59. The molecular formula is C11H16F4N2. The Morgan fingerprint density at radius 3 is 2.18 bits per heavy atom. The molecule has 0 fully saturated rings. The van der Waals surface area contributed by atoms with Crippen molar-refractivity contribution in [1.82, 2.24) is 9.55 Å². The number of halogens is 4. The summed E-state index contributed by atoms with van der Waals surface area (Å²) < 4.78 is 51.6. The van der Waals surface area contributed by atoms with Crippen molar-refractivity contribution in [2.75, 3.05) is 6.67 Å². The van der Waals surface area contributed by atoms with Gasteiger partial charge >= 0.3 is 6.18 Å². The van der Waals surface area contributed by atoms with Gasteiger partial charge in [-0.3, -0.25) is 0 Å². The van der Waals surface area contributed by atoms with Gasteiger partial charge in [0.1, 0.15) is 12.5 Å². The van der Waals surface area contributed by atoms with Crippen molar-refractivity contribution in [3.05, 3.63) is 17.7 Å². The second kappa shape index (κ2) is 4.31. The highest BCUT2D eigenvalue weighted by molar-refractivity contribution is 5.14. The predicted octanol–water partition coefficient (Wildman–Crippen LogP) is 3.73. The SMILES string of the molecule is CC(CF)n1cc(C(F)(F)F)nc1C(C)(C)C. The van der Waals surface area contributed by atoms with Crippen molar-refractivity contribution < 1.29 is 17.6 Å². The van der Waals surface area contributed by atoms with Crippen LogP contribution in [0.4, 0.5) is 17.6 Å². The molecule has 0 amide bonds. The van der Waals surface area contributed by atoms with Gasteiger partial charge in [-0.2, -0.15) is 13.2 Å². The monoisotopic (exact) mass is 252 g/mol. The number of hydrogen-bond acceptors (Lipinski definition) is 1. The molecule has 0 saturated heterocycles. The summed E-state index contributed by atoms with van der Waals surface area (Å²) >= 11 is 0. The Morgan fingerprint density at radius 2 is 1.82 bits per heavy atom. The summed E-state index contributed by atoms with van der Waals surface area (Å²) in [5, 5.41) is 0. The molecule has 1 unspecified atom stereocenters. The van der Waals surface area contributed by atoms with E-state index in [-0.39, 0.29) is 5.82 Å². The Morgan fingerprint density at radius 1 is 1.29 bits per heavy atom. The molecule has 0 aliphatic rings. The summed E-state index contributed by atoms with van der Waals surface area (Å²) in [7, 11) is 0. The van der Waals surface area contributed by atoms with Crippen molar-refractivity contribution in [3.8, 4) is 0 Å². The van der Waals surface area contributed by atoms with Gasteiger partial charge in [-0.1, -0.05) is 20.8 Å². The number of aromatic nitrogens is 2. The molecule has 0 bridgehead atoms. The Labute approximate surface area is 97.7 Å². The molecule has 2 nitrogen and oxygen atoms in total. The van der Waals surface area contributed by atoms with Crippen molar-refractivity contribution >= 4 is 0 Å². The maximum atomic E-state index is 12.6. The molecule has 1 aromatic heterocycles. The third kappa shape index (κ3) is 2.98. The lowest BCUT2D eigenvalue weighted by Crippen LogP contribution is -2.21. The van der Waals surface area contributed by atoms with Gasteiger partial charge in [0.25, 0.3) is 0 Å². The van der Waals surface area contributed by atoms with Gasteiger partial charge in [0.2, 0.25) is 0 Å². The van der Waals surface area contributed by atoms with Gasteiger partial charge < -0.3 is 4.57 Å². The Kier molecular flexibility index (Phi) is 3.55. The minimum absolute atomic E-state index is 0.245. The average molecular weight is 252 g/mol. The van der Waals surface area contributed by atoms with Crippen LogP contribution in [0.1, 0.15) is 45.3 Å². The van der Waals surface area contributed by atoms with Crippen LogP contribution in [-0.2, 0) is 11.6 Å². The van der Waals surface area contributed by atoms with Crippen LogP contribution in [0, 0.1) is 0 Å². The fraction of sp³-hybridized carbons (Fsp3) is 0.727. The van der Waals surface area contributed by atoms with Crippen LogP contribution < -0.4 is 0 Å². The van der Waals surface area contributed by atoms with E-state index < -0.39 is 30.0 Å². The van der Waals surface area contributed by atoms with E-state index in [2.05, 4.69) is 4.98 Å². The molecule has 6 heteroatoms. The molecule has 17 heavy (non-hydrogen) atoms. The zero-order valence-corrected chi connectivity index (χ0v) is 10.3. The van der Waals surface area contributed by atoms with Gasteiger partial charge in [-0.15, -0.1) is 0 Å². The van der Waals surface area contributed by atoms with Crippen LogP contribution in [-0.4, -0.2) is 16.2 Å². The summed E-state index contributed by atoms with van der Waals surface area (Å²) in [4.78, 5) is 3.59. The Balaban J connectivity index is 3.32. The lowest BCUT2D eigenvalue weighted by Gasteiger charge is -2.22. The molecule has 1 aromatic rings. The molecule has 1 rings (SSSR count). The summed E-state index contributed by atoms with van der Waals surface area (Å²) in [5.41, 5.74) is -1.53. The summed E-state index contributed by atoms with van der Waals surface area (Å²) in [5.74, 6) is 0.245. The molecule has 0 N–H and O–H groups in total. The van der Waals surface area contributed by atoms with E-state index in [9.17, 15) is 17.6 Å². The molecule has 1 heterocycles. The molecule has 0 aromatic carbocycles. The summed E-state index contributed by atoms with van der Waals surface area (Å²) in [6, 6.07) is -0.646. The van der Waals surface area contributed by atoms with Crippen molar-refractivity contribution in [3.63, 3.8) is 0 Å². The zero-order chi connectivity index (χ0) is 13.4. The Hall–Kier alpha value is -1.07. The van der Waals surface area contributed by atoms with Crippen LogP contribution in [0.25, 0.3) is 0 Å². The molecule has 98 valence electrons. The third-order valence-electron chi connectivity index (χ3n) is 2.39. The highest BCUT2D eigenvalue weighted by Gasteiger charge is 2.37. The highest BCUT2D eigenvalue weighted by atomic mass is 19.4. The van der Waals surface area contributed by atoms with E-state index in [0.717, 1.165) is 6.20 Å². The maximum absolute atomic E-state index is 12.6. The highest BCUT2D eigenvalue weighted by Crippen LogP contribution is 2.32. The first kappa shape index (κ1) is 14.0. The standard InChI is InChI=1S/C11H16F4N2/c1-7(5-12)17-6-8(11(13,14)15)16-9(17)10(2,3)4/h6-7H,5H2,1-4H3. The van der Waals surface area contributed by atoms with Gasteiger partial charge in [0, 0.05) is 11.6 Å². The van der Waals surface area contributed by atoms with Gasteiger partial charge in [0.05, 0.1) is 6.04 Å². The van der Waals surface area contributed by atoms with E-state index in [1.54, 1.807) is 20.8 Å². The Bertz CT molecular complexity index is 387. The quantitative estimate of drug-likeness (QED) is 0.733. The normalized spacial score (nSPS) is 15.1. The first-order valence-electron chi connectivity index (χ1n) is 5.30. The van der Waals surface area contributed by atoms with Crippen molar-refractivity contribution in [1.29, 1.82) is 0 Å². The third-order valence-corrected chi connectivity index (χ3v) is 2.39. The molecule has 0 aliphatic heterocycles. The molecule has 0 spiro atoms. The van der Waals surface area contributed by atoms with Crippen LogP contribution in [0.5, 0.6) is 0 Å². The fourth-order valence-electron chi connectivity index (χ4n) is 1.50. The minimum Gasteiger partial charge on any atom is -0.328 e.